The van der Waals surface area contributed by atoms with Crippen LogP contribution in [0.2, 0.25) is 0 Å². The van der Waals surface area contributed by atoms with E-state index < -0.39 is 5.91 Å². The molecule has 0 radical (unpaired) electrons. The molecule has 0 spiro atoms. The van der Waals surface area contributed by atoms with Gasteiger partial charge in [0.25, 0.3) is 5.91 Å². The lowest BCUT2D eigenvalue weighted by molar-refractivity contribution is -0.113. The quantitative estimate of drug-likeness (QED) is 0.470. The molecule has 33 heavy (non-hydrogen) atoms. The molecule has 4 rings (SSSR count). The van der Waals surface area contributed by atoms with Crippen molar-refractivity contribution in [1.82, 2.24) is 14.8 Å². The van der Waals surface area contributed by atoms with Gasteiger partial charge in [-0.05, 0) is 49.3 Å². The highest BCUT2D eigenvalue weighted by Crippen LogP contribution is 2.39. The number of nitrogens with two attached hydrogens (primary N) is 1. The molecular formula is C23H27N5O3S2. The Labute approximate surface area is 200 Å². The fraction of sp³-hybridized carbons (Fsp3) is 0.391. The Bertz CT molecular complexity index is 1190. The summed E-state index contributed by atoms with van der Waals surface area (Å²) in [5.41, 5.74) is 8.15. The summed E-state index contributed by atoms with van der Waals surface area (Å²) in [6, 6.07) is 7.78. The lowest BCUT2D eigenvalue weighted by atomic mass is 9.88. The number of benzene rings is 1. The minimum absolute atomic E-state index is 0.141. The van der Waals surface area contributed by atoms with Gasteiger partial charge in [-0.15, -0.1) is 21.5 Å². The van der Waals surface area contributed by atoms with Gasteiger partial charge in [0.1, 0.15) is 17.4 Å². The van der Waals surface area contributed by atoms with E-state index >= 15 is 0 Å². The molecule has 0 bridgehead atoms. The lowest BCUT2D eigenvalue weighted by Crippen LogP contribution is -2.20. The van der Waals surface area contributed by atoms with E-state index in [0.29, 0.717) is 27.5 Å². The number of para-hydroxylation sites is 1. The number of rotatable bonds is 8. The van der Waals surface area contributed by atoms with E-state index in [1.54, 1.807) is 0 Å². The number of carbonyl (C=O) groups excluding carboxylic acids is 2. The maximum Gasteiger partial charge on any atom is 0.251 e. The molecule has 2 amide bonds. The zero-order chi connectivity index (χ0) is 23.5. The summed E-state index contributed by atoms with van der Waals surface area (Å²) in [5, 5.41) is 12.4. The van der Waals surface area contributed by atoms with Crippen molar-refractivity contribution in [1.29, 1.82) is 0 Å². The van der Waals surface area contributed by atoms with Crippen molar-refractivity contribution in [3.8, 4) is 5.75 Å². The normalized spacial score (nSPS) is 15.2. The second kappa shape index (κ2) is 9.96. The molecule has 1 aromatic carbocycles. The summed E-state index contributed by atoms with van der Waals surface area (Å²) < 4.78 is 7.67. The van der Waals surface area contributed by atoms with Crippen molar-refractivity contribution >= 4 is 39.9 Å². The summed E-state index contributed by atoms with van der Waals surface area (Å²) in [5.74, 6) is 1.47. The number of primary amides is 1. The number of amides is 2. The molecule has 1 unspecified atom stereocenters. The first-order valence-corrected chi connectivity index (χ1v) is 12.6. The van der Waals surface area contributed by atoms with Crippen LogP contribution in [0, 0.1) is 12.8 Å². The van der Waals surface area contributed by atoms with E-state index in [4.69, 9.17) is 10.5 Å². The van der Waals surface area contributed by atoms with E-state index in [2.05, 4.69) is 22.4 Å². The zero-order valence-corrected chi connectivity index (χ0v) is 20.5. The molecule has 8 nitrogen and oxygen atoms in total. The van der Waals surface area contributed by atoms with E-state index in [1.807, 2.05) is 42.8 Å². The first kappa shape index (κ1) is 23.3. The third-order valence-corrected chi connectivity index (χ3v) is 7.91. The van der Waals surface area contributed by atoms with E-state index in [1.165, 1.54) is 23.1 Å². The maximum absolute atomic E-state index is 12.6. The number of thioether (sulfide) groups is 1. The number of aromatic nitrogens is 3. The number of carbonyl (C=O) groups is 2. The van der Waals surface area contributed by atoms with Crippen LogP contribution < -0.4 is 15.8 Å². The highest BCUT2D eigenvalue weighted by molar-refractivity contribution is 7.99. The number of ether oxygens (including phenoxy) is 1. The van der Waals surface area contributed by atoms with Crippen molar-refractivity contribution in [3.05, 3.63) is 51.7 Å². The summed E-state index contributed by atoms with van der Waals surface area (Å²) in [6.45, 7) is 4.46. The highest BCUT2D eigenvalue weighted by Gasteiger charge is 2.27. The molecule has 1 atom stereocenters. The molecule has 0 saturated heterocycles. The van der Waals surface area contributed by atoms with Crippen LogP contribution in [0.5, 0.6) is 5.75 Å². The molecule has 0 saturated carbocycles. The van der Waals surface area contributed by atoms with Crippen molar-refractivity contribution in [3.63, 3.8) is 0 Å². The summed E-state index contributed by atoms with van der Waals surface area (Å²) in [7, 11) is 1.84. The Hall–Kier alpha value is -2.85. The Kier molecular flexibility index (Phi) is 7.04. The minimum atomic E-state index is -0.489. The number of hydrogen-bond donors (Lipinski definition) is 2. The van der Waals surface area contributed by atoms with Gasteiger partial charge in [-0.3, -0.25) is 9.59 Å². The highest BCUT2D eigenvalue weighted by atomic mass is 32.2. The molecule has 0 aliphatic heterocycles. The third-order valence-electron chi connectivity index (χ3n) is 5.72. The Morgan fingerprint density at radius 1 is 1.33 bits per heavy atom. The van der Waals surface area contributed by atoms with E-state index in [0.717, 1.165) is 41.0 Å². The molecule has 2 aromatic heterocycles. The molecule has 3 aromatic rings. The van der Waals surface area contributed by atoms with Gasteiger partial charge < -0.3 is 20.4 Å². The zero-order valence-electron chi connectivity index (χ0n) is 18.9. The predicted octanol–water partition coefficient (Wildman–Crippen LogP) is 3.72. The van der Waals surface area contributed by atoms with E-state index in [9.17, 15) is 9.59 Å². The summed E-state index contributed by atoms with van der Waals surface area (Å²) >= 11 is 2.74. The maximum atomic E-state index is 12.6. The number of fused-ring (bicyclic) bond motifs is 1. The Morgan fingerprint density at radius 2 is 2.12 bits per heavy atom. The number of aryl methyl sites for hydroxylation is 1. The number of anilines is 1. The molecule has 174 valence electrons. The number of hydrogen-bond acceptors (Lipinski definition) is 7. The Balaban J connectivity index is 1.37. The van der Waals surface area contributed by atoms with Crippen LogP contribution in [0.3, 0.4) is 0 Å². The van der Waals surface area contributed by atoms with Crippen LogP contribution in [0.4, 0.5) is 5.00 Å². The SMILES string of the molecule is Cc1ccccc1OCc1nnc(SCC(=O)Nc2sc3c(c2C(N)=O)CCC(C)C3)n1C. The van der Waals surface area contributed by atoms with Crippen LogP contribution >= 0.6 is 23.1 Å². The molecular weight excluding hydrogens is 458 g/mol. The van der Waals surface area contributed by atoms with Crippen LogP contribution in [-0.2, 0) is 31.3 Å². The van der Waals surface area contributed by atoms with Gasteiger partial charge in [0, 0.05) is 11.9 Å². The topological polar surface area (TPSA) is 112 Å². The standard InChI is InChI=1S/C23H27N5O3S2/c1-13-8-9-15-17(10-13)33-22(20(15)21(24)30)25-19(29)12-32-23-27-26-18(28(23)3)11-31-16-7-5-4-6-14(16)2/h4-7,13H,8-12H2,1-3H3,(H2,24,30)(H,25,29). The van der Waals surface area contributed by atoms with E-state index in [-0.39, 0.29) is 18.3 Å². The average Bonchev–Trinajstić information content (AvgIpc) is 3.30. The van der Waals surface area contributed by atoms with Gasteiger partial charge in [0.15, 0.2) is 11.0 Å². The lowest BCUT2D eigenvalue weighted by Gasteiger charge is -2.18. The van der Waals surface area contributed by atoms with Crippen molar-refractivity contribution in [2.75, 3.05) is 11.1 Å². The minimum Gasteiger partial charge on any atom is -0.485 e. The largest absolute Gasteiger partial charge is 0.485 e. The van der Waals surface area contributed by atoms with Crippen molar-refractivity contribution < 1.29 is 14.3 Å². The molecule has 10 heteroatoms. The third kappa shape index (κ3) is 5.22. The van der Waals surface area contributed by atoms with Crippen molar-refractivity contribution in [2.45, 2.75) is 44.9 Å². The number of thiophene rings is 1. The van der Waals surface area contributed by atoms with Crippen LogP contribution in [0.1, 0.15) is 45.5 Å². The summed E-state index contributed by atoms with van der Waals surface area (Å²) in [4.78, 5) is 25.9. The van der Waals surface area contributed by atoms with Crippen LogP contribution in [0.15, 0.2) is 29.4 Å². The van der Waals surface area contributed by atoms with Crippen LogP contribution in [-0.4, -0.2) is 32.3 Å². The second-order valence-corrected chi connectivity index (χ2v) is 10.3. The predicted molar refractivity (Wildman–Crippen MR) is 130 cm³/mol. The Morgan fingerprint density at radius 3 is 2.88 bits per heavy atom. The fourth-order valence-electron chi connectivity index (χ4n) is 3.85. The molecule has 1 aliphatic carbocycles. The smallest absolute Gasteiger partial charge is 0.251 e. The molecule has 0 fully saturated rings. The van der Waals surface area contributed by atoms with Crippen LogP contribution in [0.25, 0.3) is 0 Å². The van der Waals surface area contributed by atoms with Gasteiger partial charge in [-0.25, -0.2) is 0 Å². The first-order chi connectivity index (χ1) is 15.8. The van der Waals surface area contributed by atoms with Gasteiger partial charge >= 0.3 is 0 Å². The van der Waals surface area contributed by atoms with Gasteiger partial charge in [-0.1, -0.05) is 36.9 Å². The number of nitrogens with zero attached hydrogens (tertiary/aromatic N) is 3. The van der Waals surface area contributed by atoms with Gasteiger partial charge in [0.05, 0.1) is 11.3 Å². The van der Waals surface area contributed by atoms with Gasteiger partial charge in [-0.2, -0.15) is 0 Å². The average molecular weight is 486 g/mol. The fourth-order valence-corrected chi connectivity index (χ4v) is 6.01. The summed E-state index contributed by atoms with van der Waals surface area (Å²) in [6.07, 6.45) is 2.76. The molecule has 1 aliphatic rings. The van der Waals surface area contributed by atoms with Crippen molar-refractivity contribution in [2.24, 2.45) is 18.7 Å². The molecule has 3 N–H and O–H groups in total. The van der Waals surface area contributed by atoms with Gasteiger partial charge in [0.2, 0.25) is 5.91 Å². The monoisotopic (exact) mass is 485 g/mol. The molecule has 2 heterocycles. The first-order valence-electron chi connectivity index (χ1n) is 10.8. The number of nitrogens with one attached hydrogen (secondary N) is 1. The second-order valence-electron chi connectivity index (χ2n) is 8.27.